The van der Waals surface area contributed by atoms with Crippen molar-refractivity contribution in [2.24, 2.45) is 23.7 Å². The minimum Gasteiger partial charge on any atom is -0.456 e. The van der Waals surface area contributed by atoms with E-state index < -0.39 is 18.5 Å². The molecule has 0 radical (unpaired) electrons. The van der Waals surface area contributed by atoms with Crippen molar-refractivity contribution in [1.29, 1.82) is 0 Å². The fourth-order valence-electron chi connectivity index (χ4n) is 4.89. The van der Waals surface area contributed by atoms with Gasteiger partial charge in [-0.3, -0.25) is 24.1 Å². The van der Waals surface area contributed by atoms with Crippen molar-refractivity contribution in [3.8, 4) is 0 Å². The third-order valence-electron chi connectivity index (χ3n) is 6.32. The third-order valence-corrected chi connectivity index (χ3v) is 9.52. The number of ether oxygens (including phenoxy) is 1. The van der Waals surface area contributed by atoms with Crippen molar-refractivity contribution in [2.75, 3.05) is 18.5 Å². The summed E-state index contributed by atoms with van der Waals surface area (Å²) in [4.78, 5) is 51.1. The maximum atomic E-state index is 12.8. The van der Waals surface area contributed by atoms with Gasteiger partial charge in [0.15, 0.2) is 6.61 Å². The number of amides is 3. The summed E-state index contributed by atoms with van der Waals surface area (Å²) in [5.41, 5.74) is 1.69. The number of rotatable bonds is 6. The van der Waals surface area contributed by atoms with Crippen LogP contribution in [-0.4, -0.2) is 51.4 Å². The molecule has 7 nitrogen and oxygen atoms in total. The number of aryl methyl sites for hydroxylation is 1. The van der Waals surface area contributed by atoms with Crippen LogP contribution in [0.5, 0.6) is 0 Å². The van der Waals surface area contributed by atoms with E-state index in [1.165, 1.54) is 4.90 Å². The monoisotopic (exact) mass is 540 g/mol. The lowest BCUT2D eigenvalue weighted by Gasteiger charge is -2.28. The summed E-state index contributed by atoms with van der Waals surface area (Å²) >= 11 is 7.29. The van der Waals surface area contributed by atoms with Crippen LogP contribution >= 0.6 is 31.9 Å². The van der Waals surface area contributed by atoms with Crippen molar-refractivity contribution in [2.45, 2.75) is 29.4 Å². The van der Waals surface area contributed by atoms with Crippen LogP contribution in [0, 0.1) is 30.6 Å². The first-order chi connectivity index (χ1) is 14.3. The number of fused-ring (bicyclic) bond motifs is 5. The van der Waals surface area contributed by atoms with Gasteiger partial charge in [0.2, 0.25) is 11.8 Å². The molecule has 0 aromatic heterocycles. The molecule has 1 N–H and O–H groups in total. The molecule has 9 heteroatoms. The molecule has 160 valence electrons. The molecule has 0 spiro atoms. The summed E-state index contributed by atoms with van der Waals surface area (Å²) in [5.74, 6) is -1.75. The lowest BCUT2D eigenvalue weighted by atomic mass is 9.81. The first-order valence-electron chi connectivity index (χ1n) is 9.93. The van der Waals surface area contributed by atoms with Gasteiger partial charge in [-0.1, -0.05) is 49.6 Å². The number of carbonyl (C=O) groups is 4. The number of likely N-dealkylation sites (tertiary alicyclic amines) is 1. The van der Waals surface area contributed by atoms with Gasteiger partial charge in [-0.25, -0.2) is 0 Å². The van der Waals surface area contributed by atoms with Crippen LogP contribution in [0.25, 0.3) is 0 Å². The highest BCUT2D eigenvalue weighted by atomic mass is 79.9. The molecule has 4 rings (SSSR count). The number of halogens is 2. The predicted molar refractivity (Wildman–Crippen MR) is 116 cm³/mol. The van der Waals surface area contributed by atoms with Gasteiger partial charge >= 0.3 is 5.97 Å². The average molecular weight is 542 g/mol. The van der Waals surface area contributed by atoms with Gasteiger partial charge in [0.1, 0.15) is 0 Å². The number of esters is 1. The summed E-state index contributed by atoms with van der Waals surface area (Å²) in [6, 6.07) is 7.25. The number of hydrogen-bond donors (Lipinski definition) is 1. The summed E-state index contributed by atoms with van der Waals surface area (Å²) in [6.07, 6.45) is 0.740. The molecule has 6 atom stereocenters. The Balaban J connectivity index is 1.25. The van der Waals surface area contributed by atoms with Gasteiger partial charge in [0.25, 0.3) is 5.91 Å². The van der Waals surface area contributed by atoms with Gasteiger partial charge in [0, 0.05) is 21.9 Å². The van der Waals surface area contributed by atoms with E-state index in [4.69, 9.17) is 4.74 Å². The van der Waals surface area contributed by atoms with E-state index in [-0.39, 0.29) is 58.1 Å². The molecule has 30 heavy (non-hydrogen) atoms. The molecule has 1 aromatic carbocycles. The predicted octanol–water partition coefficient (Wildman–Crippen LogP) is 2.64. The summed E-state index contributed by atoms with van der Waals surface area (Å²) in [5, 5.41) is 2.64. The van der Waals surface area contributed by atoms with Crippen LogP contribution in [-0.2, 0) is 23.9 Å². The second-order valence-electron chi connectivity index (χ2n) is 8.16. The zero-order valence-corrected chi connectivity index (χ0v) is 19.5. The Hall–Kier alpha value is -1.74. The number of alkyl halides is 2. The highest BCUT2D eigenvalue weighted by Crippen LogP contribution is 2.60. The van der Waals surface area contributed by atoms with Crippen LogP contribution in [0.4, 0.5) is 5.69 Å². The zero-order valence-electron chi connectivity index (χ0n) is 16.3. The molecule has 3 fully saturated rings. The minimum atomic E-state index is -0.619. The van der Waals surface area contributed by atoms with E-state index in [0.29, 0.717) is 5.69 Å². The molecule has 3 amide bonds. The number of hydrogen-bond acceptors (Lipinski definition) is 5. The maximum Gasteiger partial charge on any atom is 0.308 e. The van der Waals surface area contributed by atoms with Crippen molar-refractivity contribution < 1.29 is 23.9 Å². The normalized spacial score (nSPS) is 31.8. The topological polar surface area (TPSA) is 92.8 Å². The Kier molecular flexibility index (Phi) is 6.03. The second-order valence-corrected chi connectivity index (χ2v) is 10.3. The highest BCUT2D eigenvalue weighted by molar-refractivity contribution is 9.12. The fraction of sp³-hybridized carbons (Fsp3) is 0.524. The third kappa shape index (κ3) is 3.82. The molecule has 1 saturated heterocycles. The number of anilines is 1. The van der Waals surface area contributed by atoms with Crippen molar-refractivity contribution in [1.82, 2.24) is 4.90 Å². The molecule has 3 aliphatic rings. The van der Waals surface area contributed by atoms with E-state index in [1.807, 2.05) is 19.1 Å². The summed E-state index contributed by atoms with van der Waals surface area (Å²) < 4.78 is 5.00. The Morgan fingerprint density at radius 2 is 1.63 bits per heavy atom. The van der Waals surface area contributed by atoms with Crippen molar-refractivity contribution in [3.05, 3.63) is 29.8 Å². The largest absolute Gasteiger partial charge is 0.456 e. The van der Waals surface area contributed by atoms with E-state index in [9.17, 15) is 19.2 Å². The fourth-order valence-corrected chi connectivity index (χ4v) is 6.76. The summed E-state index contributed by atoms with van der Waals surface area (Å²) in [6.45, 7) is 1.51. The minimum absolute atomic E-state index is 0.0115. The zero-order chi connectivity index (χ0) is 21.6. The van der Waals surface area contributed by atoms with Crippen LogP contribution in [0.15, 0.2) is 24.3 Å². The molecule has 2 aliphatic carbocycles. The van der Waals surface area contributed by atoms with Gasteiger partial charge < -0.3 is 10.1 Å². The number of benzene rings is 1. The highest BCUT2D eigenvalue weighted by Gasteiger charge is 2.66. The van der Waals surface area contributed by atoms with Gasteiger partial charge in [-0.05, 0) is 37.3 Å². The molecular formula is C21H22Br2N2O5. The number of imide groups is 1. The lowest BCUT2D eigenvalue weighted by molar-refractivity contribution is -0.149. The lowest BCUT2D eigenvalue weighted by Crippen LogP contribution is -2.37. The Morgan fingerprint density at radius 3 is 2.20 bits per heavy atom. The Morgan fingerprint density at radius 1 is 1.07 bits per heavy atom. The quantitative estimate of drug-likeness (QED) is 0.339. The Labute approximate surface area is 191 Å². The molecule has 1 aliphatic heterocycles. The Bertz CT molecular complexity index is 858. The van der Waals surface area contributed by atoms with Crippen LogP contribution in [0.1, 0.15) is 18.4 Å². The number of nitrogens with one attached hydrogen (secondary N) is 1. The standard InChI is InChI=1S/C21H22Br2N2O5/c1-10-2-4-11(5-3-10)24-14(26)9-30-15(27)6-7-25-20(28)16-12-8-13(17(16)21(25)29)19(23)18(12)22/h2-5,12-13,16-19H,6-9H2,1H3,(H,24,26)/t12-,13-,16-,17-,18-,19+/m1/s1. The second kappa shape index (κ2) is 8.42. The van der Waals surface area contributed by atoms with Gasteiger partial charge in [0.05, 0.1) is 18.3 Å². The van der Waals surface area contributed by atoms with Crippen LogP contribution in [0.2, 0.25) is 0 Å². The van der Waals surface area contributed by atoms with E-state index in [2.05, 4.69) is 37.2 Å². The van der Waals surface area contributed by atoms with Crippen molar-refractivity contribution >= 4 is 61.2 Å². The van der Waals surface area contributed by atoms with E-state index >= 15 is 0 Å². The molecule has 2 bridgehead atoms. The van der Waals surface area contributed by atoms with Crippen LogP contribution < -0.4 is 5.32 Å². The molecular weight excluding hydrogens is 520 g/mol. The molecule has 0 unspecified atom stereocenters. The van der Waals surface area contributed by atoms with Crippen molar-refractivity contribution in [3.63, 3.8) is 0 Å². The number of carbonyl (C=O) groups excluding carboxylic acids is 4. The van der Waals surface area contributed by atoms with Crippen LogP contribution in [0.3, 0.4) is 0 Å². The smallest absolute Gasteiger partial charge is 0.308 e. The molecule has 2 saturated carbocycles. The van der Waals surface area contributed by atoms with E-state index in [0.717, 1.165) is 12.0 Å². The average Bonchev–Trinajstić information content (AvgIpc) is 3.32. The number of nitrogens with zero attached hydrogens (tertiary/aromatic N) is 1. The van der Waals surface area contributed by atoms with E-state index in [1.54, 1.807) is 12.1 Å². The molecule has 1 heterocycles. The first-order valence-corrected chi connectivity index (χ1v) is 11.8. The SMILES string of the molecule is Cc1ccc(NC(=O)COC(=O)CCN2C(=O)[C@@H]3[C@H]4C[C@@H]([C@@H](Br)[C@H]4Br)[C@H]3C2=O)cc1. The molecule has 1 aromatic rings. The van der Waals surface area contributed by atoms with Gasteiger partial charge in [-0.2, -0.15) is 0 Å². The maximum absolute atomic E-state index is 12.8. The summed E-state index contributed by atoms with van der Waals surface area (Å²) in [7, 11) is 0. The van der Waals surface area contributed by atoms with Gasteiger partial charge in [-0.15, -0.1) is 0 Å². The first kappa shape index (κ1) is 21.5.